The fraction of sp³-hybridized carbons (Fsp3) is 0.571. The van der Waals surface area contributed by atoms with Crippen LogP contribution in [0.25, 0.3) is 0 Å². The summed E-state index contributed by atoms with van der Waals surface area (Å²) in [4.78, 5) is 18.4. The average molecular weight is 314 g/mol. The van der Waals surface area contributed by atoms with Gasteiger partial charge in [0, 0.05) is 18.8 Å². The zero-order valence-corrected chi connectivity index (χ0v) is 13.7. The van der Waals surface area contributed by atoms with E-state index in [4.69, 9.17) is 17.4 Å². The monoisotopic (exact) mass is 313 g/mol. The van der Waals surface area contributed by atoms with Gasteiger partial charge in [0.15, 0.2) is 5.82 Å². The number of aromatic nitrogens is 1. The first-order valence-corrected chi connectivity index (χ1v) is 7.29. The molecule has 1 rings (SSSR count). The van der Waals surface area contributed by atoms with Crippen molar-refractivity contribution in [2.24, 2.45) is 11.8 Å². The lowest BCUT2D eigenvalue weighted by Crippen LogP contribution is -2.42. The van der Waals surface area contributed by atoms with Crippen LogP contribution in [0.3, 0.4) is 0 Å². The number of halogens is 1. The van der Waals surface area contributed by atoms with Crippen LogP contribution in [-0.2, 0) is 0 Å². The average Bonchev–Trinajstić information content (AvgIpc) is 2.36. The smallest absolute Gasteiger partial charge is 0.253 e. The molecule has 0 bridgehead atoms. The van der Waals surface area contributed by atoms with Gasteiger partial charge in [0.2, 0.25) is 0 Å². The number of hydrazine groups is 1. The predicted octanol–water partition coefficient (Wildman–Crippen LogP) is 1.73. The van der Waals surface area contributed by atoms with Gasteiger partial charge in [-0.1, -0.05) is 25.4 Å². The van der Waals surface area contributed by atoms with Crippen molar-refractivity contribution in [2.75, 3.05) is 26.1 Å². The van der Waals surface area contributed by atoms with Gasteiger partial charge < -0.3 is 15.6 Å². The van der Waals surface area contributed by atoms with E-state index in [2.05, 4.69) is 34.5 Å². The Morgan fingerprint density at radius 3 is 2.62 bits per heavy atom. The molecule has 0 spiro atoms. The highest BCUT2D eigenvalue weighted by Crippen LogP contribution is 2.19. The van der Waals surface area contributed by atoms with Crippen LogP contribution in [0.1, 0.15) is 30.6 Å². The third-order valence-electron chi connectivity index (χ3n) is 2.92. The third-order valence-corrected chi connectivity index (χ3v) is 3.20. The number of nitrogens with one attached hydrogen (secondary N) is 2. The second-order valence-corrected chi connectivity index (χ2v) is 6.17. The Labute approximate surface area is 131 Å². The predicted molar refractivity (Wildman–Crippen MR) is 86.3 cm³/mol. The number of nitrogens with two attached hydrogens (primary N) is 1. The van der Waals surface area contributed by atoms with Crippen molar-refractivity contribution in [1.29, 1.82) is 0 Å². The van der Waals surface area contributed by atoms with Gasteiger partial charge in [-0.2, -0.15) is 0 Å². The molecule has 0 saturated heterocycles. The number of carbonyl (C=O) groups is 1. The van der Waals surface area contributed by atoms with Crippen molar-refractivity contribution < 1.29 is 4.79 Å². The van der Waals surface area contributed by atoms with Crippen molar-refractivity contribution in [3.05, 3.63) is 22.8 Å². The first kappa shape index (κ1) is 17.7. The van der Waals surface area contributed by atoms with E-state index in [0.29, 0.717) is 22.3 Å². The molecule has 1 amide bonds. The number of carbonyl (C=O) groups excluding carboxylic acids is 1. The Bertz CT molecular complexity index is 468. The summed E-state index contributed by atoms with van der Waals surface area (Å²) < 4.78 is 0. The fourth-order valence-electron chi connectivity index (χ4n) is 2.13. The van der Waals surface area contributed by atoms with Gasteiger partial charge in [0.25, 0.3) is 5.91 Å². The number of hydrogen-bond acceptors (Lipinski definition) is 5. The molecule has 118 valence electrons. The van der Waals surface area contributed by atoms with Crippen LogP contribution in [0.2, 0.25) is 5.02 Å². The highest BCUT2D eigenvalue weighted by Gasteiger charge is 2.17. The van der Waals surface area contributed by atoms with E-state index in [1.807, 2.05) is 14.1 Å². The molecule has 0 saturated carbocycles. The van der Waals surface area contributed by atoms with Gasteiger partial charge in [-0.25, -0.2) is 10.8 Å². The molecule has 4 N–H and O–H groups in total. The topological polar surface area (TPSA) is 83.3 Å². The molecular formula is C14H24ClN5O. The van der Waals surface area contributed by atoms with Crippen LogP contribution in [0.5, 0.6) is 0 Å². The normalized spacial score (nSPS) is 12.6. The number of anilines is 1. The van der Waals surface area contributed by atoms with Gasteiger partial charge in [-0.15, -0.1) is 0 Å². The largest absolute Gasteiger partial charge is 0.348 e. The summed E-state index contributed by atoms with van der Waals surface area (Å²) >= 11 is 5.99. The lowest BCUT2D eigenvalue weighted by molar-refractivity contribution is 0.0924. The molecule has 0 fully saturated rings. The molecule has 1 heterocycles. The van der Waals surface area contributed by atoms with E-state index >= 15 is 0 Å². The SMILES string of the molecule is CC(C)CC(CN(C)C)NC(=O)c1cnc(NN)c(Cl)c1. The maximum absolute atomic E-state index is 12.3. The molecular weight excluding hydrogens is 290 g/mol. The van der Waals surface area contributed by atoms with Crippen molar-refractivity contribution in [3.8, 4) is 0 Å². The maximum atomic E-state index is 12.3. The van der Waals surface area contributed by atoms with Gasteiger partial charge >= 0.3 is 0 Å². The van der Waals surface area contributed by atoms with Crippen molar-refractivity contribution in [3.63, 3.8) is 0 Å². The van der Waals surface area contributed by atoms with Gasteiger partial charge in [0.1, 0.15) is 0 Å². The number of nitrogens with zero attached hydrogens (tertiary/aromatic N) is 2. The quantitative estimate of drug-likeness (QED) is 0.527. The van der Waals surface area contributed by atoms with Crippen LogP contribution >= 0.6 is 11.6 Å². The second-order valence-electron chi connectivity index (χ2n) is 5.76. The molecule has 0 aliphatic rings. The molecule has 0 radical (unpaired) electrons. The van der Waals surface area contributed by atoms with Crippen LogP contribution in [0.4, 0.5) is 5.82 Å². The molecule has 0 aliphatic carbocycles. The van der Waals surface area contributed by atoms with E-state index in [1.54, 1.807) is 6.07 Å². The van der Waals surface area contributed by atoms with Crippen LogP contribution in [0.15, 0.2) is 12.3 Å². The molecule has 1 aromatic rings. The number of hydrogen-bond donors (Lipinski definition) is 3. The summed E-state index contributed by atoms with van der Waals surface area (Å²) in [6, 6.07) is 1.64. The summed E-state index contributed by atoms with van der Waals surface area (Å²) in [7, 11) is 3.97. The first-order valence-electron chi connectivity index (χ1n) is 6.91. The fourth-order valence-corrected chi connectivity index (χ4v) is 2.35. The Hall–Kier alpha value is -1.37. The Morgan fingerprint density at radius 2 is 2.14 bits per heavy atom. The van der Waals surface area contributed by atoms with Crippen molar-refractivity contribution >= 4 is 23.3 Å². The van der Waals surface area contributed by atoms with Crippen molar-refractivity contribution in [2.45, 2.75) is 26.3 Å². The maximum Gasteiger partial charge on any atom is 0.253 e. The summed E-state index contributed by atoms with van der Waals surface area (Å²) in [5.74, 6) is 5.93. The minimum absolute atomic E-state index is 0.0820. The van der Waals surface area contributed by atoms with Gasteiger partial charge in [-0.05, 0) is 32.5 Å². The number of rotatable bonds is 7. The second kappa shape index (κ2) is 8.17. The van der Waals surface area contributed by atoms with E-state index < -0.39 is 0 Å². The number of amides is 1. The molecule has 1 atom stereocenters. The molecule has 1 aromatic heterocycles. The molecule has 21 heavy (non-hydrogen) atoms. The van der Waals surface area contributed by atoms with Gasteiger partial charge in [-0.3, -0.25) is 4.79 Å². The van der Waals surface area contributed by atoms with E-state index in [1.165, 1.54) is 6.20 Å². The standard InChI is InChI=1S/C14H24ClN5O/c1-9(2)5-11(8-20(3)4)18-14(21)10-6-12(15)13(19-16)17-7-10/h6-7,9,11H,5,8,16H2,1-4H3,(H,17,19)(H,18,21). The number of pyridine rings is 1. The Kier molecular flexibility index (Phi) is 6.87. The van der Waals surface area contributed by atoms with E-state index in [0.717, 1.165) is 13.0 Å². The highest BCUT2D eigenvalue weighted by atomic mass is 35.5. The lowest BCUT2D eigenvalue weighted by Gasteiger charge is -2.24. The van der Waals surface area contributed by atoms with Crippen LogP contribution in [-0.4, -0.2) is 42.5 Å². The zero-order chi connectivity index (χ0) is 16.0. The first-order chi connectivity index (χ1) is 9.83. The lowest BCUT2D eigenvalue weighted by atomic mass is 10.0. The molecule has 0 aromatic carbocycles. The summed E-state index contributed by atoms with van der Waals surface area (Å²) in [6.45, 7) is 5.05. The van der Waals surface area contributed by atoms with Crippen LogP contribution < -0.4 is 16.6 Å². The zero-order valence-electron chi connectivity index (χ0n) is 13.0. The Morgan fingerprint density at radius 1 is 1.48 bits per heavy atom. The number of likely N-dealkylation sites (N-methyl/N-ethyl adjacent to an activating group) is 1. The summed E-state index contributed by atoms with van der Waals surface area (Å²) in [5.41, 5.74) is 2.80. The molecule has 1 unspecified atom stereocenters. The molecule has 6 nitrogen and oxygen atoms in total. The molecule has 7 heteroatoms. The summed E-state index contributed by atoms with van der Waals surface area (Å²) in [5, 5.41) is 3.35. The van der Waals surface area contributed by atoms with E-state index in [-0.39, 0.29) is 11.9 Å². The van der Waals surface area contributed by atoms with Gasteiger partial charge in [0.05, 0.1) is 10.6 Å². The highest BCUT2D eigenvalue weighted by molar-refractivity contribution is 6.33. The van der Waals surface area contributed by atoms with Crippen LogP contribution in [0, 0.1) is 5.92 Å². The Balaban J connectivity index is 2.78. The molecule has 0 aliphatic heterocycles. The minimum Gasteiger partial charge on any atom is -0.348 e. The summed E-state index contributed by atoms with van der Waals surface area (Å²) in [6.07, 6.45) is 2.37. The minimum atomic E-state index is -0.180. The third kappa shape index (κ3) is 5.87. The number of nitrogen functional groups attached to an aromatic ring is 1. The van der Waals surface area contributed by atoms with E-state index in [9.17, 15) is 4.79 Å². The van der Waals surface area contributed by atoms with Crippen molar-refractivity contribution in [1.82, 2.24) is 15.2 Å².